The quantitative estimate of drug-likeness (QED) is 0.426. The van der Waals surface area contributed by atoms with Crippen molar-refractivity contribution in [3.8, 4) is 11.1 Å². The zero-order valence-corrected chi connectivity index (χ0v) is 15.9. The van der Waals surface area contributed by atoms with Crippen LogP contribution in [0.4, 0.5) is 0 Å². The van der Waals surface area contributed by atoms with E-state index >= 15 is 0 Å². The normalized spacial score (nSPS) is 11.2. The first-order chi connectivity index (χ1) is 12.1. The summed E-state index contributed by atoms with van der Waals surface area (Å²) in [7, 11) is 0. The van der Waals surface area contributed by atoms with Gasteiger partial charge in [-0.15, -0.1) is 0 Å². The maximum absolute atomic E-state index is 6.34. The smallest absolute Gasteiger partial charge is 0.0670 e. The number of aliphatic imine (C=N–C) groups is 1. The Morgan fingerprint density at radius 1 is 0.800 bits per heavy atom. The van der Waals surface area contributed by atoms with Gasteiger partial charge < -0.3 is 0 Å². The second kappa shape index (κ2) is 8.20. The van der Waals surface area contributed by atoms with E-state index in [-0.39, 0.29) is 0 Å². The number of hydrogen-bond donors (Lipinski definition) is 0. The van der Waals surface area contributed by atoms with E-state index in [1.54, 1.807) is 18.6 Å². The lowest BCUT2D eigenvalue weighted by Gasteiger charge is -2.10. The van der Waals surface area contributed by atoms with Gasteiger partial charge >= 0.3 is 0 Å². The first kappa shape index (κ1) is 18.2. The third kappa shape index (κ3) is 4.16. The first-order valence-electron chi connectivity index (χ1n) is 7.39. The maximum atomic E-state index is 6.34. The van der Waals surface area contributed by atoms with Gasteiger partial charge in [0.25, 0.3) is 0 Å². The molecule has 126 valence electrons. The van der Waals surface area contributed by atoms with E-state index in [0.29, 0.717) is 26.6 Å². The summed E-state index contributed by atoms with van der Waals surface area (Å²) in [5, 5.41) is 2.17. The van der Waals surface area contributed by atoms with Crippen LogP contribution in [-0.2, 0) is 6.54 Å². The van der Waals surface area contributed by atoms with Gasteiger partial charge in [0.1, 0.15) is 0 Å². The second-order valence-electron chi connectivity index (χ2n) is 5.24. The van der Waals surface area contributed by atoms with Crippen LogP contribution in [0.2, 0.25) is 20.1 Å². The molecule has 0 amide bonds. The van der Waals surface area contributed by atoms with Gasteiger partial charge in [-0.2, -0.15) is 0 Å². The van der Waals surface area contributed by atoms with Gasteiger partial charge in [0.05, 0.1) is 16.6 Å². The predicted molar refractivity (Wildman–Crippen MR) is 107 cm³/mol. The van der Waals surface area contributed by atoms with Gasteiger partial charge in [-0.05, 0) is 17.7 Å². The van der Waals surface area contributed by atoms with E-state index in [9.17, 15) is 0 Å². The predicted octanol–water partition coefficient (Wildman–Crippen LogP) is 6.98. The average molecular weight is 410 g/mol. The van der Waals surface area contributed by atoms with Crippen LogP contribution >= 0.6 is 46.4 Å². The molecule has 0 bridgehead atoms. The van der Waals surface area contributed by atoms with Crippen molar-refractivity contribution >= 4 is 52.6 Å². The fraction of sp³-hybridized carbons (Fsp3) is 0.0526. The highest BCUT2D eigenvalue weighted by molar-refractivity contribution is 6.39. The zero-order chi connectivity index (χ0) is 17.8. The van der Waals surface area contributed by atoms with E-state index in [1.165, 1.54) is 0 Å². The van der Waals surface area contributed by atoms with Crippen LogP contribution in [0.15, 0.2) is 59.9 Å². The Bertz CT molecular complexity index is 898. The zero-order valence-electron chi connectivity index (χ0n) is 12.9. The topological polar surface area (TPSA) is 25.2 Å². The molecule has 0 aliphatic carbocycles. The van der Waals surface area contributed by atoms with Crippen molar-refractivity contribution in [1.82, 2.24) is 4.98 Å². The minimum Gasteiger partial charge on any atom is -0.288 e. The number of aromatic nitrogens is 1. The van der Waals surface area contributed by atoms with Crippen molar-refractivity contribution in [3.05, 3.63) is 86.1 Å². The summed E-state index contributed by atoms with van der Waals surface area (Å²) in [4.78, 5) is 8.41. The minimum atomic E-state index is 0.352. The Labute approximate surface area is 166 Å². The maximum Gasteiger partial charge on any atom is 0.0670 e. The minimum absolute atomic E-state index is 0.352. The molecule has 2 aromatic carbocycles. The van der Waals surface area contributed by atoms with Crippen molar-refractivity contribution in [2.24, 2.45) is 4.99 Å². The molecule has 2 nitrogen and oxygen atoms in total. The summed E-state index contributed by atoms with van der Waals surface area (Å²) in [5.41, 5.74) is 3.34. The lowest BCUT2D eigenvalue weighted by molar-refractivity contribution is 1.06. The fourth-order valence-electron chi connectivity index (χ4n) is 2.42. The molecule has 0 unspecified atom stereocenters. The number of hydrogen-bond acceptors (Lipinski definition) is 2. The molecule has 25 heavy (non-hydrogen) atoms. The standard InChI is InChI=1S/C19H12Cl4N2/c20-15-6-3-7-16(21)19(15)13-5-2-1-4-12(13)8-24-9-14-17(22)10-25-11-18(14)23/h1-8,10-11H,9H2. The Morgan fingerprint density at radius 3 is 2.12 bits per heavy atom. The number of halogens is 4. The molecule has 6 heteroatoms. The van der Waals surface area contributed by atoms with Crippen LogP contribution < -0.4 is 0 Å². The number of nitrogens with zero attached hydrogens (tertiary/aromatic N) is 2. The average Bonchev–Trinajstić information content (AvgIpc) is 2.58. The van der Waals surface area contributed by atoms with Crippen LogP contribution in [-0.4, -0.2) is 11.2 Å². The van der Waals surface area contributed by atoms with Crippen LogP contribution in [0.5, 0.6) is 0 Å². The van der Waals surface area contributed by atoms with Gasteiger partial charge in [0.15, 0.2) is 0 Å². The van der Waals surface area contributed by atoms with Crippen LogP contribution in [0, 0.1) is 0 Å². The molecule has 0 fully saturated rings. The molecule has 0 aliphatic heterocycles. The largest absolute Gasteiger partial charge is 0.288 e. The molecule has 0 spiro atoms. The highest BCUT2D eigenvalue weighted by atomic mass is 35.5. The Hall–Kier alpha value is -1.58. The SMILES string of the molecule is Clc1cncc(Cl)c1CN=Cc1ccccc1-c1c(Cl)cccc1Cl. The van der Waals surface area contributed by atoms with Gasteiger partial charge in [-0.1, -0.05) is 76.7 Å². The first-order valence-corrected chi connectivity index (χ1v) is 8.90. The Balaban J connectivity index is 1.95. The van der Waals surface area contributed by atoms with Gasteiger partial charge in [0.2, 0.25) is 0 Å². The fourth-order valence-corrected chi connectivity index (χ4v) is 3.50. The molecule has 1 aromatic heterocycles. The second-order valence-corrected chi connectivity index (χ2v) is 6.86. The van der Waals surface area contributed by atoms with E-state index in [2.05, 4.69) is 9.98 Å². The van der Waals surface area contributed by atoms with Crippen LogP contribution in [0.1, 0.15) is 11.1 Å². The van der Waals surface area contributed by atoms with Gasteiger partial charge in [-0.3, -0.25) is 9.98 Å². The Morgan fingerprint density at radius 2 is 1.44 bits per heavy atom. The highest BCUT2D eigenvalue weighted by Crippen LogP contribution is 2.36. The van der Waals surface area contributed by atoms with E-state index in [0.717, 1.165) is 22.3 Å². The van der Waals surface area contributed by atoms with Crippen molar-refractivity contribution in [2.45, 2.75) is 6.54 Å². The third-order valence-electron chi connectivity index (χ3n) is 3.63. The van der Waals surface area contributed by atoms with Crippen molar-refractivity contribution in [1.29, 1.82) is 0 Å². The molecule has 0 saturated heterocycles. The van der Waals surface area contributed by atoms with E-state index < -0.39 is 0 Å². The van der Waals surface area contributed by atoms with Crippen molar-refractivity contribution < 1.29 is 0 Å². The van der Waals surface area contributed by atoms with Crippen molar-refractivity contribution in [3.63, 3.8) is 0 Å². The summed E-state index contributed by atoms with van der Waals surface area (Å²) < 4.78 is 0. The molecule has 1 heterocycles. The summed E-state index contributed by atoms with van der Waals surface area (Å²) in [6.45, 7) is 0.352. The summed E-state index contributed by atoms with van der Waals surface area (Å²) >= 11 is 24.9. The molecule has 0 aliphatic rings. The molecule has 0 N–H and O–H groups in total. The van der Waals surface area contributed by atoms with Gasteiger partial charge in [-0.25, -0.2) is 0 Å². The lowest BCUT2D eigenvalue weighted by atomic mass is 10.00. The number of benzene rings is 2. The summed E-state index contributed by atoms with van der Waals surface area (Å²) in [6.07, 6.45) is 4.87. The van der Waals surface area contributed by atoms with Crippen LogP contribution in [0.3, 0.4) is 0 Å². The molecule has 0 atom stereocenters. The number of rotatable bonds is 4. The summed E-state index contributed by atoms with van der Waals surface area (Å²) in [5.74, 6) is 0. The van der Waals surface area contributed by atoms with Crippen LogP contribution in [0.25, 0.3) is 11.1 Å². The lowest BCUT2D eigenvalue weighted by Crippen LogP contribution is -1.92. The van der Waals surface area contributed by atoms with Crippen molar-refractivity contribution in [2.75, 3.05) is 0 Å². The Kier molecular flexibility index (Phi) is 5.98. The van der Waals surface area contributed by atoms with E-state index in [1.807, 2.05) is 42.5 Å². The molecule has 3 aromatic rings. The molecular weight excluding hydrogens is 398 g/mol. The molecule has 0 radical (unpaired) electrons. The monoisotopic (exact) mass is 408 g/mol. The molecule has 3 rings (SSSR count). The van der Waals surface area contributed by atoms with E-state index in [4.69, 9.17) is 46.4 Å². The molecule has 0 saturated carbocycles. The third-order valence-corrected chi connectivity index (χ3v) is 4.91. The molecular formula is C19H12Cl4N2. The number of pyridine rings is 1. The summed E-state index contributed by atoms with van der Waals surface area (Å²) in [6, 6.07) is 13.2. The highest BCUT2D eigenvalue weighted by Gasteiger charge is 2.11. The van der Waals surface area contributed by atoms with Gasteiger partial charge in [0, 0.05) is 45.3 Å².